The van der Waals surface area contributed by atoms with Crippen LogP contribution in [0.25, 0.3) is 0 Å². The van der Waals surface area contributed by atoms with Crippen LogP contribution in [0.15, 0.2) is 9.59 Å². The van der Waals surface area contributed by atoms with E-state index >= 15 is 0 Å². The molecule has 4 N–H and O–H groups in total. The number of aromatic nitrogens is 2. The van der Waals surface area contributed by atoms with Gasteiger partial charge in [0.05, 0.1) is 0 Å². The molecule has 2 rings (SSSR count). The van der Waals surface area contributed by atoms with Gasteiger partial charge in [0.15, 0.2) is 0 Å². The first-order valence-electron chi connectivity index (χ1n) is 7.30. The van der Waals surface area contributed by atoms with Crippen molar-refractivity contribution < 1.29 is 0 Å². The Kier molecular flexibility index (Phi) is 4.70. The summed E-state index contributed by atoms with van der Waals surface area (Å²) in [5, 5.41) is 3.17. The minimum Gasteiger partial charge on any atom is -0.383 e. The molecule has 1 aromatic rings. The molecule has 0 saturated heterocycles. The fourth-order valence-corrected chi connectivity index (χ4v) is 3.49. The first-order chi connectivity index (χ1) is 9.88. The molecule has 0 unspecified atom stereocenters. The highest BCUT2D eigenvalue weighted by molar-refractivity contribution is 8.00. The summed E-state index contributed by atoms with van der Waals surface area (Å²) in [5.74, 6) is 0.501. The van der Waals surface area contributed by atoms with Gasteiger partial charge in [0.2, 0.25) is 0 Å². The van der Waals surface area contributed by atoms with Gasteiger partial charge in [-0.3, -0.25) is 14.3 Å². The van der Waals surface area contributed by atoms with Gasteiger partial charge in [-0.1, -0.05) is 20.3 Å². The molecule has 0 amide bonds. The van der Waals surface area contributed by atoms with Crippen LogP contribution in [0.5, 0.6) is 0 Å². The lowest BCUT2D eigenvalue weighted by atomic mass is 9.84. The molecule has 0 bridgehead atoms. The minimum absolute atomic E-state index is 0.192. The maximum Gasteiger partial charge on any atom is 0.330 e. The second-order valence-electron chi connectivity index (χ2n) is 6.12. The molecule has 0 aromatic carbocycles. The van der Waals surface area contributed by atoms with Crippen molar-refractivity contribution >= 4 is 23.3 Å². The van der Waals surface area contributed by atoms with Gasteiger partial charge in [-0.25, -0.2) is 4.79 Å². The van der Waals surface area contributed by atoms with Gasteiger partial charge in [0.1, 0.15) is 11.5 Å². The molecular weight excluding hydrogens is 288 g/mol. The summed E-state index contributed by atoms with van der Waals surface area (Å²) in [6.45, 7) is 5.19. The zero-order chi connectivity index (χ0) is 15.6. The Morgan fingerprint density at radius 1 is 1.43 bits per heavy atom. The van der Waals surface area contributed by atoms with E-state index in [9.17, 15) is 9.59 Å². The summed E-state index contributed by atoms with van der Waals surface area (Å²) in [4.78, 5) is 26.2. The lowest BCUT2D eigenvalue weighted by Gasteiger charge is -2.40. The summed E-state index contributed by atoms with van der Waals surface area (Å²) in [5.41, 5.74) is 5.47. The summed E-state index contributed by atoms with van der Waals surface area (Å²) in [6.07, 6.45) is 5.60. The number of anilines is 2. The van der Waals surface area contributed by atoms with Gasteiger partial charge in [-0.15, -0.1) is 0 Å². The zero-order valence-corrected chi connectivity index (χ0v) is 13.7. The monoisotopic (exact) mass is 312 g/mol. The average molecular weight is 312 g/mol. The van der Waals surface area contributed by atoms with Crippen LogP contribution in [0.2, 0.25) is 0 Å². The number of nitrogens with zero attached hydrogens (tertiary/aromatic N) is 1. The average Bonchev–Trinajstić information content (AvgIpc) is 2.36. The number of nitrogen functional groups attached to an aromatic ring is 1. The highest BCUT2D eigenvalue weighted by Crippen LogP contribution is 2.42. The summed E-state index contributed by atoms with van der Waals surface area (Å²) in [6, 6.07) is 0. The topological polar surface area (TPSA) is 92.9 Å². The predicted octanol–water partition coefficient (Wildman–Crippen LogP) is 1.47. The van der Waals surface area contributed by atoms with E-state index in [1.165, 1.54) is 11.0 Å². The van der Waals surface area contributed by atoms with E-state index in [4.69, 9.17) is 5.73 Å². The highest BCUT2D eigenvalue weighted by Gasteiger charge is 2.36. The first-order valence-corrected chi connectivity index (χ1v) is 8.52. The van der Waals surface area contributed by atoms with Crippen molar-refractivity contribution in [3.05, 3.63) is 20.8 Å². The summed E-state index contributed by atoms with van der Waals surface area (Å²) in [7, 11) is 0. The van der Waals surface area contributed by atoms with Crippen LogP contribution >= 0.6 is 11.8 Å². The van der Waals surface area contributed by atoms with Crippen LogP contribution in [0, 0.1) is 5.92 Å². The van der Waals surface area contributed by atoms with E-state index in [1.807, 2.05) is 25.6 Å². The molecule has 6 nitrogen and oxygen atoms in total. The van der Waals surface area contributed by atoms with Gasteiger partial charge in [-0.05, 0) is 25.0 Å². The molecule has 0 aliphatic heterocycles. The van der Waals surface area contributed by atoms with Gasteiger partial charge in [0.25, 0.3) is 5.56 Å². The van der Waals surface area contributed by atoms with Crippen LogP contribution in [0.3, 0.4) is 0 Å². The van der Waals surface area contributed by atoms with Crippen molar-refractivity contribution in [1.29, 1.82) is 0 Å². The quantitative estimate of drug-likeness (QED) is 0.740. The Hall–Kier alpha value is -1.37. The largest absolute Gasteiger partial charge is 0.383 e. The number of hydrogen-bond acceptors (Lipinski definition) is 5. The Labute approximate surface area is 128 Å². The molecule has 1 aromatic heterocycles. The van der Waals surface area contributed by atoms with E-state index in [2.05, 4.69) is 16.6 Å². The zero-order valence-electron chi connectivity index (χ0n) is 12.9. The number of thioether (sulfide) groups is 1. The lowest BCUT2D eigenvalue weighted by Crippen LogP contribution is -2.42. The Balaban J connectivity index is 2.26. The number of H-pyrrole nitrogens is 1. The molecule has 1 saturated carbocycles. The summed E-state index contributed by atoms with van der Waals surface area (Å²) >= 11 is 1.82. The van der Waals surface area contributed by atoms with Crippen molar-refractivity contribution in [3.63, 3.8) is 0 Å². The van der Waals surface area contributed by atoms with Gasteiger partial charge in [-0.2, -0.15) is 11.8 Å². The lowest BCUT2D eigenvalue weighted by molar-refractivity contribution is 0.379. The molecule has 1 fully saturated rings. The Morgan fingerprint density at radius 3 is 2.57 bits per heavy atom. The second-order valence-corrected chi connectivity index (χ2v) is 7.39. The van der Waals surface area contributed by atoms with Crippen molar-refractivity contribution in [2.24, 2.45) is 5.92 Å². The molecule has 1 aliphatic carbocycles. The molecule has 1 aliphatic rings. The third kappa shape index (κ3) is 3.28. The fraction of sp³-hybridized carbons (Fsp3) is 0.714. The third-order valence-corrected chi connectivity index (χ3v) is 5.49. The van der Waals surface area contributed by atoms with Gasteiger partial charge >= 0.3 is 5.69 Å². The molecule has 0 radical (unpaired) electrons. The van der Waals surface area contributed by atoms with E-state index in [-0.39, 0.29) is 16.5 Å². The number of aromatic amines is 1. The van der Waals surface area contributed by atoms with Crippen molar-refractivity contribution in [3.8, 4) is 0 Å². The molecule has 21 heavy (non-hydrogen) atoms. The van der Waals surface area contributed by atoms with Crippen molar-refractivity contribution in [2.75, 3.05) is 23.9 Å². The molecule has 7 heteroatoms. The standard InChI is InChI=1S/C14H24N4O2S/c1-9(2)7-18-11(15)10(12(19)17-13(18)20)16-8-14(21-3)5-4-6-14/h9,16H,4-8,15H2,1-3H3,(H,17,19,20). The number of nitrogens with one attached hydrogen (secondary N) is 2. The number of rotatable bonds is 6. The van der Waals surface area contributed by atoms with E-state index in [0.29, 0.717) is 18.8 Å². The van der Waals surface area contributed by atoms with Gasteiger partial charge in [0, 0.05) is 17.8 Å². The van der Waals surface area contributed by atoms with Crippen LogP contribution in [0.1, 0.15) is 33.1 Å². The Morgan fingerprint density at radius 2 is 2.10 bits per heavy atom. The number of hydrogen-bond donors (Lipinski definition) is 3. The Bertz CT molecular complexity index is 611. The predicted molar refractivity (Wildman–Crippen MR) is 89.2 cm³/mol. The molecule has 1 heterocycles. The fourth-order valence-electron chi connectivity index (χ4n) is 2.58. The van der Waals surface area contributed by atoms with E-state index < -0.39 is 11.2 Å². The minimum atomic E-state index is -0.444. The highest BCUT2D eigenvalue weighted by atomic mass is 32.2. The van der Waals surface area contributed by atoms with Crippen molar-refractivity contribution in [1.82, 2.24) is 9.55 Å². The molecule has 0 spiro atoms. The maximum absolute atomic E-state index is 12.0. The smallest absolute Gasteiger partial charge is 0.330 e. The third-order valence-electron chi connectivity index (χ3n) is 4.07. The van der Waals surface area contributed by atoms with Crippen LogP contribution < -0.4 is 22.3 Å². The van der Waals surface area contributed by atoms with Crippen LogP contribution in [-0.4, -0.2) is 27.1 Å². The molecular formula is C14H24N4O2S. The SMILES string of the molecule is CSC1(CNc2c(N)n(CC(C)C)c(=O)[nH]c2=O)CCC1. The number of nitrogens with two attached hydrogens (primary N) is 1. The molecule has 118 valence electrons. The molecule has 0 atom stereocenters. The first kappa shape index (κ1) is 16.0. The van der Waals surface area contributed by atoms with E-state index in [1.54, 1.807) is 0 Å². The van der Waals surface area contributed by atoms with Crippen LogP contribution in [-0.2, 0) is 6.54 Å². The van der Waals surface area contributed by atoms with Crippen molar-refractivity contribution in [2.45, 2.75) is 44.4 Å². The normalized spacial score (nSPS) is 16.8. The second kappa shape index (κ2) is 6.17. The van der Waals surface area contributed by atoms with Gasteiger partial charge < -0.3 is 11.1 Å². The maximum atomic E-state index is 12.0. The van der Waals surface area contributed by atoms with E-state index in [0.717, 1.165) is 12.8 Å². The van der Waals surface area contributed by atoms with Crippen LogP contribution in [0.4, 0.5) is 11.5 Å². The summed E-state index contributed by atoms with van der Waals surface area (Å²) < 4.78 is 1.62.